The second-order valence-electron chi connectivity index (χ2n) is 27.8. The smallest absolute Gasteiger partial charge is 0.374 e. The first-order valence-electron chi connectivity index (χ1n) is 43.1. The Bertz CT molecular complexity index is 2040. The molecule has 0 heterocycles. The van der Waals surface area contributed by atoms with Gasteiger partial charge in [-0.25, -0.2) is 0 Å². The van der Waals surface area contributed by atoms with Gasteiger partial charge in [0, 0.05) is 163 Å². The standard InChI is InChI=1S/C75H160O15S20Si5/c1-23-76-111(77-24-2,78-25-3)61-43-56-91-101-106-96-73(66-71(21)55-42-54-69(19)50-39-38-49-68(18)52-41-53-70(20)51-40-48-67(16)17)75(99-109-104-94-59-46-64-114(85-32-10,86-33-11)87-34-12,100-110-105-95-60-47-65-115(88-35-13,89-36-14)90-37-15)72(22)74(97-107-102-92-57-44-62-112(79-26-4,80-27-5)81-28-6)98-108-103-93-58-45-63-113(82-29-7,83-30-8)84-31-9/h67-71,73H,23-66H2,1-22H3. The van der Waals surface area contributed by atoms with Crippen LogP contribution in [0.1, 0.15) is 274 Å². The van der Waals surface area contributed by atoms with Crippen LogP contribution in [0.15, 0.2) is 9.81 Å². The second kappa shape index (κ2) is 81.9. The molecule has 0 saturated carbocycles. The molecule has 0 spiro atoms. The average molecular weight is 2080 g/mol. The molecular weight excluding hydrogens is 1920 g/mol. The lowest BCUT2D eigenvalue weighted by Crippen LogP contribution is -2.46. The van der Waals surface area contributed by atoms with E-state index >= 15 is 0 Å². The Kier molecular flexibility index (Phi) is 87.1. The van der Waals surface area contributed by atoms with Crippen LogP contribution < -0.4 is 0 Å². The molecule has 690 valence electrons. The van der Waals surface area contributed by atoms with Crippen LogP contribution in [0, 0.1) is 29.6 Å². The van der Waals surface area contributed by atoms with Gasteiger partial charge in [-0.3, -0.25) is 0 Å². The van der Waals surface area contributed by atoms with E-state index in [9.17, 15) is 0 Å². The Balaban J connectivity index is 8.23. The van der Waals surface area contributed by atoms with Crippen molar-refractivity contribution in [2.45, 2.75) is 314 Å². The highest BCUT2D eigenvalue weighted by Crippen LogP contribution is 2.70. The Morgan fingerprint density at radius 1 is 0.261 bits per heavy atom. The van der Waals surface area contributed by atoms with E-state index in [4.69, 9.17) is 66.4 Å². The molecule has 0 saturated heterocycles. The fraction of sp³-hybridized carbons (Fsp3) is 0.973. The second-order valence-corrected chi connectivity index (χ2v) is 72.6. The maximum atomic E-state index is 6.35. The molecule has 0 aromatic heterocycles. The molecule has 115 heavy (non-hydrogen) atoms. The van der Waals surface area contributed by atoms with E-state index < -0.39 is 48.1 Å². The summed E-state index contributed by atoms with van der Waals surface area (Å²) in [5.74, 6) is 8.52. The van der Waals surface area contributed by atoms with Crippen molar-refractivity contribution in [1.82, 2.24) is 0 Å². The van der Waals surface area contributed by atoms with Crippen LogP contribution in [0.2, 0.25) is 30.2 Å². The molecule has 0 aliphatic rings. The third kappa shape index (κ3) is 60.2. The Morgan fingerprint density at radius 3 is 0.739 bits per heavy atom. The molecule has 5 atom stereocenters. The van der Waals surface area contributed by atoms with Crippen LogP contribution in [0.4, 0.5) is 0 Å². The van der Waals surface area contributed by atoms with Crippen molar-refractivity contribution in [1.29, 1.82) is 0 Å². The first-order chi connectivity index (χ1) is 55.6. The lowest BCUT2D eigenvalue weighted by Gasteiger charge is -2.40. The fourth-order valence-corrected chi connectivity index (χ4v) is 65.4. The largest absolute Gasteiger partial charge is 0.500 e. The number of hydrogen-bond acceptors (Lipinski definition) is 35. The first kappa shape index (κ1) is 122. The van der Waals surface area contributed by atoms with Gasteiger partial charge in [0.05, 0.1) is 4.24 Å². The van der Waals surface area contributed by atoms with Gasteiger partial charge in [0.15, 0.2) is 0 Å². The van der Waals surface area contributed by atoms with E-state index in [0.717, 1.165) is 121 Å². The maximum absolute atomic E-state index is 6.35. The topological polar surface area (TPSA) is 138 Å². The van der Waals surface area contributed by atoms with E-state index in [2.05, 4.69) is 102 Å². The van der Waals surface area contributed by atoms with E-state index in [-0.39, 0.29) is 5.25 Å². The maximum Gasteiger partial charge on any atom is 0.500 e. The fourth-order valence-electron chi connectivity index (χ4n) is 12.7. The van der Waals surface area contributed by atoms with E-state index in [1.54, 1.807) is 0 Å². The molecule has 0 aliphatic carbocycles. The average Bonchev–Trinajstić information content (AvgIpc) is 0.782. The summed E-state index contributed by atoms with van der Waals surface area (Å²) in [6, 6.07) is 4.02. The zero-order valence-electron chi connectivity index (χ0n) is 74.9. The van der Waals surface area contributed by atoms with Gasteiger partial charge >= 0.3 is 44.0 Å². The normalized spacial score (nSPS) is 14.2. The molecule has 0 N–H and O–H groups in total. The molecule has 0 fully saturated rings. The van der Waals surface area contributed by atoms with Crippen LogP contribution in [-0.4, -0.2) is 181 Å². The highest BCUT2D eigenvalue weighted by atomic mass is 33.7. The minimum atomic E-state index is -2.79. The van der Waals surface area contributed by atoms with Gasteiger partial charge in [-0.1, -0.05) is 211 Å². The van der Waals surface area contributed by atoms with Crippen LogP contribution in [-0.2, 0) is 66.4 Å². The van der Waals surface area contributed by atoms with Crippen molar-refractivity contribution in [2.75, 3.05) is 128 Å². The highest BCUT2D eigenvalue weighted by molar-refractivity contribution is 9.31. The van der Waals surface area contributed by atoms with Crippen molar-refractivity contribution < 1.29 is 66.4 Å². The van der Waals surface area contributed by atoms with E-state index in [0.29, 0.717) is 105 Å². The molecule has 0 rings (SSSR count). The molecule has 0 bridgehead atoms. The molecule has 0 radical (unpaired) electrons. The Morgan fingerprint density at radius 2 is 0.487 bits per heavy atom. The Hall–Kier alpha value is 7.22. The van der Waals surface area contributed by atoms with Crippen LogP contribution >= 0.6 is 206 Å². The number of hydrogen-bond donors (Lipinski definition) is 0. The predicted octanol–water partition coefficient (Wildman–Crippen LogP) is 32.5. The minimum absolute atomic E-state index is 0.213. The summed E-state index contributed by atoms with van der Waals surface area (Å²) in [5.41, 5.74) is 1.43. The molecule has 0 aromatic carbocycles. The first-order valence-corrected chi connectivity index (χ1v) is 77.7. The third-order valence-electron chi connectivity index (χ3n) is 17.9. The molecule has 0 aliphatic heterocycles. The zero-order chi connectivity index (χ0) is 85.5. The summed E-state index contributed by atoms with van der Waals surface area (Å²) in [7, 11) is 25.2. The summed E-state index contributed by atoms with van der Waals surface area (Å²) in [5, 5.41) is 0.213. The SMILES string of the molecule is CCO[Si](CCCSSSSC(SSSSCCC[Si](OCC)(OCC)OCC)=C(C)C(SSSSCCC[Si](OCC)(OCC)OCC)(SSSSCCC[Si](OCC)(OCC)OCC)C(CC(C)CCCC(C)CCCCC(C)CCCC(C)CCCC(C)C)SSSSCCC[Si](OCC)(OCC)OCC)(OCC)OCC. The van der Waals surface area contributed by atoms with Crippen LogP contribution in [0.25, 0.3) is 0 Å². The van der Waals surface area contributed by atoms with E-state index in [1.807, 2.05) is 257 Å². The molecule has 15 nitrogen and oxygen atoms in total. The lowest BCUT2D eigenvalue weighted by molar-refractivity contribution is 0.0704. The Labute approximate surface area is 788 Å². The molecule has 0 aromatic rings. The number of unbranched alkanes of at least 4 members (excludes halogenated alkanes) is 1. The quantitative estimate of drug-likeness (QED) is 0.0247. The minimum Gasteiger partial charge on any atom is -0.374 e. The number of rotatable bonds is 91. The summed E-state index contributed by atoms with van der Waals surface area (Å²) in [6.45, 7) is 56.7. The van der Waals surface area contributed by atoms with Gasteiger partial charge in [0.25, 0.3) is 0 Å². The van der Waals surface area contributed by atoms with Gasteiger partial charge in [-0.05, 0) is 304 Å². The van der Waals surface area contributed by atoms with Gasteiger partial charge in [0.2, 0.25) is 0 Å². The molecular formula is C75H160O15S20Si5. The van der Waals surface area contributed by atoms with Crippen molar-refractivity contribution in [2.24, 2.45) is 29.6 Å². The predicted molar refractivity (Wildman–Crippen MR) is 562 cm³/mol. The van der Waals surface area contributed by atoms with Crippen molar-refractivity contribution in [3.63, 3.8) is 0 Å². The highest BCUT2D eigenvalue weighted by Gasteiger charge is 2.48. The summed E-state index contributed by atoms with van der Waals surface area (Å²) >= 11 is 0. The molecule has 5 unspecified atom stereocenters. The zero-order valence-corrected chi connectivity index (χ0v) is 96.2. The molecule has 0 amide bonds. The summed E-state index contributed by atoms with van der Waals surface area (Å²) in [4.78, 5) is 0. The van der Waals surface area contributed by atoms with Crippen LogP contribution in [0.3, 0.4) is 0 Å². The van der Waals surface area contributed by atoms with Crippen LogP contribution in [0.5, 0.6) is 0 Å². The summed E-state index contributed by atoms with van der Waals surface area (Å²) in [6.07, 6.45) is 23.2. The van der Waals surface area contributed by atoms with Crippen molar-refractivity contribution in [3.8, 4) is 0 Å². The molecule has 40 heteroatoms. The van der Waals surface area contributed by atoms with E-state index in [1.165, 1.54) is 93.3 Å². The summed E-state index contributed by atoms with van der Waals surface area (Å²) < 4.78 is 95.8. The lowest BCUT2D eigenvalue weighted by atomic mass is 9.90. The van der Waals surface area contributed by atoms with Gasteiger partial charge in [-0.15, -0.1) is 0 Å². The van der Waals surface area contributed by atoms with Crippen molar-refractivity contribution in [3.05, 3.63) is 9.81 Å². The van der Waals surface area contributed by atoms with Crippen molar-refractivity contribution >= 4 is 250 Å². The van der Waals surface area contributed by atoms with Gasteiger partial charge in [-0.2, -0.15) is 0 Å². The van der Waals surface area contributed by atoms with Gasteiger partial charge in [0.1, 0.15) is 4.08 Å². The third-order valence-corrected chi connectivity index (χ3v) is 69.5. The monoisotopic (exact) mass is 2080 g/mol. The van der Waals surface area contributed by atoms with Gasteiger partial charge < -0.3 is 66.4 Å².